The molecule has 0 spiro atoms. The van der Waals surface area contributed by atoms with E-state index in [1.54, 1.807) is 19.2 Å². The average molecular weight is 258 g/mol. The van der Waals surface area contributed by atoms with Crippen LogP contribution in [0.15, 0.2) is 36.4 Å². The topological polar surface area (TPSA) is 43.3 Å². The molecular formula is C15H18N2O2. The molecule has 19 heavy (non-hydrogen) atoms. The van der Waals surface area contributed by atoms with Crippen molar-refractivity contribution in [3.05, 3.63) is 53.3 Å². The number of hydrogen-bond donors (Lipinski definition) is 1. The lowest BCUT2D eigenvalue weighted by molar-refractivity contribution is 0.0947. The van der Waals surface area contributed by atoms with Crippen molar-refractivity contribution >= 4 is 5.91 Å². The normalized spacial score (nSPS) is 10.3. The number of nitrogens with zero attached hydrogens (tertiary/aromatic N) is 1. The van der Waals surface area contributed by atoms with Crippen LogP contribution in [0.2, 0.25) is 0 Å². The fraction of sp³-hybridized carbons (Fsp3) is 0.267. The van der Waals surface area contributed by atoms with Crippen LogP contribution >= 0.6 is 0 Å². The summed E-state index contributed by atoms with van der Waals surface area (Å²) in [6, 6.07) is 11.2. The van der Waals surface area contributed by atoms with Crippen molar-refractivity contribution in [3.8, 4) is 5.75 Å². The Bertz CT molecular complexity index is 588. The largest absolute Gasteiger partial charge is 0.496 e. The highest BCUT2D eigenvalue weighted by molar-refractivity contribution is 5.96. The van der Waals surface area contributed by atoms with Crippen molar-refractivity contribution in [1.29, 1.82) is 0 Å². The number of rotatable bonds is 4. The van der Waals surface area contributed by atoms with E-state index in [1.807, 2.05) is 38.2 Å². The standard InChI is InChI=1S/C15H18N2O2/c1-11-8-9-12(17(11)2)10-16-15(18)13-6-4-5-7-14(13)19-3/h4-9H,10H2,1-3H3,(H,16,18). The predicted octanol–water partition coefficient (Wildman–Crippen LogP) is 2.27. The van der Waals surface area contributed by atoms with Gasteiger partial charge in [0, 0.05) is 18.4 Å². The lowest BCUT2D eigenvalue weighted by atomic mass is 10.2. The van der Waals surface area contributed by atoms with Crippen LogP contribution in [0.5, 0.6) is 5.75 Å². The number of nitrogens with one attached hydrogen (secondary N) is 1. The maximum absolute atomic E-state index is 12.1. The maximum atomic E-state index is 12.1. The molecule has 0 atom stereocenters. The minimum atomic E-state index is -0.128. The summed E-state index contributed by atoms with van der Waals surface area (Å²) in [6.07, 6.45) is 0. The van der Waals surface area contributed by atoms with Crippen molar-refractivity contribution in [3.63, 3.8) is 0 Å². The van der Waals surface area contributed by atoms with Crippen LogP contribution in [0.4, 0.5) is 0 Å². The van der Waals surface area contributed by atoms with E-state index in [0.717, 1.165) is 5.69 Å². The monoisotopic (exact) mass is 258 g/mol. The van der Waals surface area contributed by atoms with E-state index in [2.05, 4.69) is 9.88 Å². The summed E-state index contributed by atoms with van der Waals surface area (Å²) in [5, 5.41) is 2.90. The zero-order chi connectivity index (χ0) is 13.8. The molecule has 2 rings (SSSR count). The smallest absolute Gasteiger partial charge is 0.255 e. The first-order chi connectivity index (χ1) is 9.13. The summed E-state index contributed by atoms with van der Waals surface area (Å²) >= 11 is 0. The molecule has 0 bridgehead atoms. The molecule has 100 valence electrons. The highest BCUT2D eigenvalue weighted by Crippen LogP contribution is 2.17. The van der Waals surface area contributed by atoms with Gasteiger partial charge in [-0.3, -0.25) is 4.79 Å². The number of para-hydroxylation sites is 1. The van der Waals surface area contributed by atoms with E-state index >= 15 is 0 Å². The van der Waals surface area contributed by atoms with E-state index in [4.69, 9.17) is 4.74 Å². The lowest BCUT2D eigenvalue weighted by Crippen LogP contribution is -2.24. The second-order valence-corrected chi connectivity index (χ2v) is 4.41. The quantitative estimate of drug-likeness (QED) is 0.914. The van der Waals surface area contributed by atoms with Gasteiger partial charge in [-0.25, -0.2) is 0 Å². The minimum absolute atomic E-state index is 0.128. The summed E-state index contributed by atoms with van der Waals surface area (Å²) in [5.41, 5.74) is 2.79. The van der Waals surface area contributed by atoms with Crippen molar-refractivity contribution < 1.29 is 9.53 Å². The van der Waals surface area contributed by atoms with Crippen LogP contribution < -0.4 is 10.1 Å². The third-order valence-electron chi connectivity index (χ3n) is 3.26. The number of aryl methyl sites for hydroxylation is 1. The number of ether oxygens (including phenoxy) is 1. The van der Waals surface area contributed by atoms with Crippen molar-refractivity contribution in [2.24, 2.45) is 7.05 Å². The number of amides is 1. The van der Waals surface area contributed by atoms with Crippen molar-refractivity contribution in [2.45, 2.75) is 13.5 Å². The molecule has 0 saturated carbocycles. The first-order valence-corrected chi connectivity index (χ1v) is 6.16. The van der Waals surface area contributed by atoms with E-state index in [9.17, 15) is 4.79 Å². The summed E-state index contributed by atoms with van der Waals surface area (Å²) in [4.78, 5) is 12.1. The van der Waals surface area contributed by atoms with Gasteiger partial charge in [-0.1, -0.05) is 12.1 Å². The Labute approximate surface area is 113 Å². The van der Waals surface area contributed by atoms with Crippen LogP contribution in [-0.4, -0.2) is 17.6 Å². The Balaban J connectivity index is 2.07. The molecular weight excluding hydrogens is 240 g/mol. The third-order valence-corrected chi connectivity index (χ3v) is 3.26. The zero-order valence-electron chi connectivity index (χ0n) is 11.4. The number of carbonyl (C=O) groups excluding carboxylic acids is 1. The molecule has 0 fully saturated rings. The van der Waals surface area contributed by atoms with Crippen LogP contribution in [-0.2, 0) is 13.6 Å². The SMILES string of the molecule is COc1ccccc1C(=O)NCc1ccc(C)n1C. The first kappa shape index (κ1) is 13.2. The molecule has 0 aliphatic rings. The molecule has 1 aromatic carbocycles. The molecule has 0 unspecified atom stereocenters. The van der Waals surface area contributed by atoms with Crippen molar-refractivity contribution in [1.82, 2.24) is 9.88 Å². The fourth-order valence-corrected chi connectivity index (χ4v) is 1.94. The number of benzene rings is 1. The van der Waals surface area contributed by atoms with Gasteiger partial charge in [0.2, 0.25) is 0 Å². The first-order valence-electron chi connectivity index (χ1n) is 6.16. The van der Waals surface area contributed by atoms with E-state index in [0.29, 0.717) is 17.9 Å². The Morgan fingerprint density at radius 3 is 2.63 bits per heavy atom. The molecule has 1 amide bonds. The Kier molecular flexibility index (Phi) is 3.90. The summed E-state index contributed by atoms with van der Waals surface area (Å²) in [7, 11) is 3.55. The fourth-order valence-electron chi connectivity index (χ4n) is 1.94. The van der Waals surface area contributed by atoms with Crippen LogP contribution in [0.25, 0.3) is 0 Å². The number of carbonyl (C=O) groups is 1. The number of aromatic nitrogens is 1. The minimum Gasteiger partial charge on any atom is -0.496 e. The molecule has 0 radical (unpaired) electrons. The summed E-state index contributed by atoms with van der Waals surface area (Å²) in [6.45, 7) is 2.53. The molecule has 0 saturated heterocycles. The molecule has 2 aromatic rings. The average Bonchev–Trinajstić information content (AvgIpc) is 2.76. The molecule has 1 N–H and O–H groups in total. The van der Waals surface area contributed by atoms with Crippen molar-refractivity contribution in [2.75, 3.05) is 7.11 Å². The second-order valence-electron chi connectivity index (χ2n) is 4.41. The molecule has 4 heteroatoms. The molecule has 1 heterocycles. The highest BCUT2D eigenvalue weighted by Gasteiger charge is 2.11. The summed E-state index contributed by atoms with van der Waals surface area (Å²) in [5.74, 6) is 0.458. The van der Waals surface area contributed by atoms with Gasteiger partial charge in [-0.2, -0.15) is 0 Å². The van der Waals surface area contributed by atoms with Gasteiger partial charge in [-0.15, -0.1) is 0 Å². The molecule has 0 aliphatic carbocycles. The predicted molar refractivity (Wildman–Crippen MR) is 74.3 cm³/mol. The van der Waals surface area contributed by atoms with Gasteiger partial charge in [-0.05, 0) is 31.2 Å². The van der Waals surface area contributed by atoms with Crippen LogP contribution in [0.1, 0.15) is 21.7 Å². The third kappa shape index (κ3) is 2.78. The second kappa shape index (κ2) is 5.61. The Morgan fingerprint density at radius 2 is 2.00 bits per heavy atom. The Morgan fingerprint density at radius 1 is 1.26 bits per heavy atom. The zero-order valence-corrected chi connectivity index (χ0v) is 11.4. The van der Waals surface area contributed by atoms with Gasteiger partial charge >= 0.3 is 0 Å². The summed E-state index contributed by atoms with van der Waals surface area (Å²) < 4.78 is 7.24. The van der Waals surface area contributed by atoms with Crippen LogP contribution in [0, 0.1) is 6.92 Å². The van der Waals surface area contributed by atoms with Gasteiger partial charge in [0.1, 0.15) is 5.75 Å². The van der Waals surface area contributed by atoms with Crippen LogP contribution in [0.3, 0.4) is 0 Å². The lowest BCUT2D eigenvalue weighted by Gasteiger charge is -2.10. The molecule has 0 aliphatic heterocycles. The van der Waals surface area contributed by atoms with E-state index < -0.39 is 0 Å². The van der Waals surface area contributed by atoms with Gasteiger partial charge < -0.3 is 14.6 Å². The van der Waals surface area contributed by atoms with E-state index in [1.165, 1.54) is 5.69 Å². The maximum Gasteiger partial charge on any atom is 0.255 e. The highest BCUT2D eigenvalue weighted by atomic mass is 16.5. The molecule has 1 aromatic heterocycles. The number of methoxy groups -OCH3 is 1. The molecule has 4 nitrogen and oxygen atoms in total. The van der Waals surface area contributed by atoms with Gasteiger partial charge in [0.25, 0.3) is 5.91 Å². The number of hydrogen-bond acceptors (Lipinski definition) is 2. The van der Waals surface area contributed by atoms with E-state index in [-0.39, 0.29) is 5.91 Å². The Hall–Kier alpha value is -2.23. The van der Waals surface area contributed by atoms with Gasteiger partial charge in [0.05, 0.1) is 19.2 Å². The van der Waals surface area contributed by atoms with Gasteiger partial charge in [0.15, 0.2) is 0 Å².